The van der Waals surface area contributed by atoms with Gasteiger partial charge in [-0.1, -0.05) is 0 Å². The van der Waals surface area contributed by atoms with Crippen LogP contribution in [0, 0.1) is 0 Å². The highest BCUT2D eigenvalue weighted by molar-refractivity contribution is 5.74. The van der Waals surface area contributed by atoms with Gasteiger partial charge in [0.2, 0.25) is 5.71 Å². The summed E-state index contributed by atoms with van der Waals surface area (Å²) in [5, 5.41) is 4.13. The fourth-order valence-electron chi connectivity index (χ4n) is 2.24. The van der Waals surface area contributed by atoms with Gasteiger partial charge in [0.15, 0.2) is 6.29 Å². The van der Waals surface area contributed by atoms with Gasteiger partial charge in [-0.3, -0.25) is 4.79 Å². The molecule has 2 aromatic rings. The maximum atomic E-state index is 11.7. The minimum absolute atomic E-state index is 0.337. The number of ether oxygens (including phenoxy) is 1. The van der Waals surface area contributed by atoms with E-state index in [1.54, 1.807) is 22.4 Å². The lowest BCUT2D eigenvalue weighted by atomic mass is 10.2. The molecule has 0 radical (unpaired) electrons. The minimum atomic E-state index is -0.337. The van der Waals surface area contributed by atoms with Crippen molar-refractivity contribution in [2.75, 3.05) is 13.2 Å². The van der Waals surface area contributed by atoms with Crippen molar-refractivity contribution in [2.24, 2.45) is 0 Å². The first-order valence-corrected chi connectivity index (χ1v) is 6.10. The molecular formula is C12H13N3O4. The van der Waals surface area contributed by atoms with Gasteiger partial charge in [-0.2, -0.15) is 5.10 Å². The van der Waals surface area contributed by atoms with E-state index in [2.05, 4.69) is 5.10 Å². The summed E-state index contributed by atoms with van der Waals surface area (Å²) >= 11 is 0. The number of aromatic nitrogens is 2. The highest BCUT2D eigenvalue weighted by Gasteiger charge is 2.27. The average Bonchev–Trinajstić information content (AvgIpc) is 2.94. The van der Waals surface area contributed by atoms with E-state index in [-0.39, 0.29) is 6.09 Å². The topological polar surface area (TPSA) is 77.0 Å². The molecule has 0 spiro atoms. The molecule has 1 aliphatic heterocycles. The molecular weight excluding hydrogens is 250 g/mol. The van der Waals surface area contributed by atoms with Crippen molar-refractivity contribution in [1.29, 1.82) is 0 Å². The van der Waals surface area contributed by atoms with Crippen molar-refractivity contribution in [3.63, 3.8) is 0 Å². The van der Waals surface area contributed by atoms with Crippen LogP contribution < -0.4 is 0 Å². The van der Waals surface area contributed by atoms with Gasteiger partial charge in [0.05, 0.1) is 18.8 Å². The largest absolute Gasteiger partial charge is 0.450 e. The fraction of sp³-hybridized carbons (Fsp3) is 0.417. The number of amides is 1. The van der Waals surface area contributed by atoms with Crippen molar-refractivity contribution in [1.82, 2.24) is 14.5 Å². The molecule has 3 heterocycles. The van der Waals surface area contributed by atoms with Gasteiger partial charge in [-0.05, 0) is 6.92 Å². The number of fused-ring (bicyclic) bond motifs is 3. The summed E-state index contributed by atoms with van der Waals surface area (Å²) in [6.45, 7) is 3.05. The Morgan fingerprint density at radius 2 is 2.47 bits per heavy atom. The van der Waals surface area contributed by atoms with Gasteiger partial charge in [-0.25, -0.2) is 9.31 Å². The van der Waals surface area contributed by atoms with Crippen molar-refractivity contribution in [3.8, 4) is 0 Å². The first kappa shape index (κ1) is 11.8. The zero-order chi connectivity index (χ0) is 13.4. The molecule has 19 heavy (non-hydrogen) atoms. The molecule has 1 amide bonds. The number of hydrogen-bond donors (Lipinski definition) is 0. The van der Waals surface area contributed by atoms with Gasteiger partial charge in [0.1, 0.15) is 11.5 Å². The predicted octanol–water partition coefficient (Wildman–Crippen LogP) is 1.25. The van der Waals surface area contributed by atoms with Crippen LogP contribution in [0.25, 0.3) is 5.71 Å². The van der Waals surface area contributed by atoms with E-state index in [0.717, 1.165) is 5.69 Å². The van der Waals surface area contributed by atoms with E-state index >= 15 is 0 Å². The Morgan fingerprint density at radius 1 is 1.63 bits per heavy atom. The van der Waals surface area contributed by atoms with Gasteiger partial charge >= 0.3 is 6.09 Å². The van der Waals surface area contributed by atoms with Gasteiger partial charge in [0, 0.05) is 19.0 Å². The van der Waals surface area contributed by atoms with Crippen LogP contribution in [-0.4, -0.2) is 40.0 Å². The van der Waals surface area contributed by atoms with Gasteiger partial charge in [0.25, 0.3) is 0 Å². The molecule has 0 atom stereocenters. The predicted molar refractivity (Wildman–Crippen MR) is 64.0 cm³/mol. The van der Waals surface area contributed by atoms with E-state index < -0.39 is 0 Å². The molecule has 7 heteroatoms. The molecule has 0 saturated heterocycles. The lowest BCUT2D eigenvalue weighted by molar-refractivity contribution is 0.0990. The van der Waals surface area contributed by atoms with Crippen molar-refractivity contribution in [3.05, 3.63) is 23.2 Å². The summed E-state index contributed by atoms with van der Waals surface area (Å²) in [5.41, 5.74) is 1.77. The number of carbonyl (C=O) groups excluding carboxylic acids is 2. The van der Waals surface area contributed by atoms with Crippen LogP contribution >= 0.6 is 0 Å². The third kappa shape index (κ3) is 1.87. The number of aldehydes is 1. The maximum Gasteiger partial charge on any atom is 0.410 e. The van der Waals surface area contributed by atoms with Crippen LogP contribution in [0.5, 0.6) is 0 Å². The summed E-state index contributed by atoms with van der Waals surface area (Å²) in [4.78, 5) is 23.9. The van der Waals surface area contributed by atoms with E-state index in [4.69, 9.17) is 9.15 Å². The summed E-state index contributed by atoms with van der Waals surface area (Å²) in [6.07, 6.45) is 0.972. The van der Waals surface area contributed by atoms with E-state index in [9.17, 15) is 9.59 Å². The second-order valence-corrected chi connectivity index (χ2v) is 4.28. The summed E-state index contributed by atoms with van der Waals surface area (Å²) in [5.74, 6) is 0.694. The maximum absolute atomic E-state index is 11.7. The first-order chi connectivity index (χ1) is 9.22. The smallest absolute Gasteiger partial charge is 0.410 e. The molecule has 100 valence electrons. The zero-order valence-electron chi connectivity index (χ0n) is 10.5. The van der Waals surface area contributed by atoms with Crippen LogP contribution in [0.3, 0.4) is 0 Å². The third-order valence-electron chi connectivity index (χ3n) is 3.10. The summed E-state index contributed by atoms with van der Waals surface area (Å²) in [6, 6.07) is 1.58. The molecule has 3 rings (SSSR count). The van der Waals surface area contributed by atoms with Crippen molar-refractivity contribution in [2.45, 2.75) is 19.9 Å². The number of hydrogen-bond acceptors (Lipinski definition) is 5. The monoisotopic (exact) mass is 263 g/mol. The second-order valence-electron chi connectivity index (χ2n) is 4.28. The standard InChI is InChI=1S/C12H13N3O4/c1-2-18-12(17)14-4-3-9-10(6-14)19-11-5-8(7-16)13-15(9)11/h5,7H,2-4,6H2,1H3. The Hall–Kier alpha value is -2.31. The summed E-state index contributed by atoms with van der Waals surface area (Å²) in [7, 11) is 0. The fourth-order valence-corrected chi connectivity index (χ4v) is 2.24. The van der Waals surface area contributed by atoms with Gasteiger partial charge < -0.3 is 14.1 Å². The van der Waals surface area contributed by atoms with Crippen LogP contribution in [0.4, 0.5) is 4.79 Å². The molecule has 7 nitrogen and oxygen atoms in total. The molecule has 0 aliphatic carbocycles. The van der Waals surface area contributed by atoms with Gasteiger partial charge in [-0.15, -0.1) is 0 Å². The SMILES string of the molecule is CCOC(=O)N1CCc2c(oc3cc(C=O)nn23)C1. The third-order valence-corrected chi connectivity index (χ3v) is 3.10. The Kier molecular flexibility index (Phi) is 2.73. The van der Waals surface area contributed by atoms with E-state index in [0.29, 0.717) is 49.6 Å². The second kappa shape index (κ2) is 4.42. The van der Waals surface area contributed by atoms with Crippen LogP contribution in [0.15, 0.2) is 10.5 Å². The first-order valence-electron chi connectivity index (χ1n) is 6.10. The molecule has 0 unspecified atom stereocenters. The lowest BCUT2D eigenvalue weighted by Crippen LogP contribution is -2.36. The molecule has 2 aromatic heterocycles. The number of oxazole rings is 1. The Balaban J connectivity index is 1.90. The quantitative estimate of drug-likeness (QED) is 0.762. The Labute approximate surface area is 108 Å². The summed E-state index contributed by atoms with van der Waals surface area (Å²) < 4.78 is 12.2. The normalized spacial score (nSPS) is 14.5. The molecule has 0 saturated carbocycles. The molecule has 0 aromatic carbocycles. The highest BCUT2D eigenvalue weighted by Crippen LogP contribution is 2.24. The van der Waals surface area contributed by atoms with Crippen LogP contribution in [0.1, 0.15) is 28.9 Å². The average molecular weight is 263 g/mol. The Morgan fingerprint density at radius 3 is 3.21 bits per heavy atom. The van der Waals surface area contributed by atoms with Crippen LogP contribution in [-0.2, 0) is 17.7 Å². The zero-order valence-corrected chi connectivity index (χ0v) is 10.5. The van der Waals surface area contributed by atoms with E-state index in [1.807, 2.05) is 0 Å². The number of nitrogens with zero attached hydrogens (tertiary/aromatic N) is 3. The molecule has 1 aliphatic rings. The molecule has 0 fully saturated rings. The van der Waals surface area contributed by atoms with Crippen molar-refractivity contribution < 1.29 is 18.7 Å². The molecule has 0 bridgehead atoms. The van der Waals surface area contributed by atoms with Crippen LogP contribution in [0.2, 0.25) is 0 Å². The number of rotatable bonds is 2. The number of carbonyl (C=O) groups is 2. The highest BCUT2D eigenvalue weighted by atomic mass is 16.6. The molecule has 0 N–H and O–H groups in total. The Bertz CT molecular complexity index is 643. The van der Waals surface area contributed by atoms with Crippen molar-refractivity contribution >= 4 is 18.1 Å². The lowest BCUT2D eigenvalue weighted by Gasteiger charge is -2.24. The minimum Gasteiger partial charge on any atom is -0.450 e. The van der Waals surface area contributed by atoms with E-state index in [1.165, 1.54) is 0 Å².